The Morgan fingerprint density at radius 1 is 1.19 bits per heavy atom. The Kier molecular flexibility index (Phi) is 4.99. The minimum Gasteiger partial charge on any atom is -0.348 e. The van der Waals surface area contributed by atoms with Gasteiger partial charge in [0.2, 0.25) is 0 Å². The summed E-state index contributed by atoms with van der Waals surface area (Å²) in [6.45, 7) is 7.84. The monoisotopic (exact) mass is 364 g/mol. The van der Waals surface area contributed by atoms with Crippen LogP contribution in [0.2, 0.25) is 0 Å². The van der Waals surface area contributed by atoms with E-state index in [1.165, 1.54) is 0 Å². The minimum atomic E-state index is -0.200. The van der Waals surface area contributed by atoms with Gasteiger partial charge < -0.3 is 10.3 Å². The van der Waals surface area contributed by atoms with Crippen LogP contribution in [0.25, 0.3) is 11.3 Å². The molecule has 6 nitrogen and oxygen atoms in total. The smallest absolute Gasteiger partial charge is 0.253 e. The molecule has 3 rings (SSSR count). The first kappa shape index (κ1) is 18.6. The van der Waals surface area contributed by atoms with Crippen molar-refractivity contribution in [3.63, 3.8) is 0 Å². The minimum absolute atomic E-state index is 0.163. The van der Waals surface area contributed by atoms with Gasteiger partial charge in [0.05, 0.1) is 11.9 Å². The number of carbonyl (C=O) groups is 1. The van der Waals surface area contributed by atoms with E-state index in [9.17, 15) is 9.59 Å². The van der Waals surface area contributed by atoms with Gasteiger partial charge in [0.1, 0.15) is 0 Å². The maximum absolute atomic E-state index is 12.8. The van der Waals surface area contributed by atoms with Gasteiger partial charge in [-0.3, -0.25) is 14.3 Å². The molecule has 0 unspecified atom stereocenters. The molecule has 0 atom stereocenters. The molecule has 2 aromatic heterocycles. The maximum atomic E-state index is 12.8. The lowest BCUT2D eigenvalue weighted by Gasteiger charge is -2.13. The van der Waals surface area contributed by atoms with Crippen LogP contribution in [0.3, 0.4) is 0 Å². The molecular formula is C21H24N4O2. The van der Waals surface area contributed by atoms with Gasteiger partial charge in [0.25, 0.3) is 11.5 Å². The van der Waals surface area contributed by atoms with Crippen molar-refractivity contribution in [3.05, 3.63) is 74.3 Å². The molecule has 0 saturated carbocycles. The van der Waals surface area contributed by atoms with E-state index in [2.05, 4.69) is 15.4 Å². The highest BCUT2D eigenvalue weighted by Gasteiger charge is 2.16. The van der Waals surface area contributed by atoms with Crippen molar-refractivity contribution in [2.24, 2.45) is 7.05 Å². The van der Waals surface area contributed by atoms with Gasteiger partial charge in [-0.1, -0.05) is 12.1 Å². The molecule has 0 aliphatic rings. The number of aryl methyl sites for hydroxylation is 4. The molecule has 3 aromatic rings. The average Bonchev–Trinajstić information content (AvgIpc) is 2.92. The number of pyridine rings is 1. The van der Waals surface area contributed by atoms with Crippen LogP contribution in [0.5, 0.6) is 0 Å². The predicted octanol–water partition coefficient (Wildman–Crippen LogP) is 2.94. The summed E-state index contributed by atoms with van der Waals surface area (Å²) in [5.41, 5.74) is 6.59. The Hall–Kier alpha value is -3.15. The largest absolute Gasteiger partial charge is 0.348 e. The first-order valence-corrected chi connectivity index (χ1v) is 8.85. The molecule has 0 bridgehead atoms. The summed E-state index contributed by atoms with van der Waals surface area (Å²) in [5, 5.41) is 7.17. The van der Waals surface area contributed by atoms with Crippen LogP contribution in [-0.4, -0.2) is 20.7 Å². The third kappa shape index (κ3) is 3.56. The second kappa shape index (κ2) is 7.23. The molecule has 0 aliphatic heterocycles. The molecule has 0 radical (unpaired) electrons. The number of nitrogens with one attached hydrogen (secondary N) is 2. The Morgan fingerprint density at radius 3 is 2.56 bits per heavy atom. The maximum Gasteiger partial charge on any atom is 0.253 e. The van der Waals surface area contributed by atoms with Crippen LogP contribution in [0, 0.1) is 27.7 Å². The molecule has 0 aliphatic carbocycles. The Morgan fingerprint density at radius 2 is 1.93 bits per heavy atom. The molecule has 0 saturated heterocycles. The fourth-order valence-electron chi connectivity index (χ4n) is 3.44. The zero-order chi connectivity index (χ0) is 19.7. The van der Waals surface area contributed by atoms with Crippen LogP contribution < -0.4 is 10.9 Å². The summed E-state index contributed by atoms with van der Waals surface area (Å²) >= 11 is 0. The normalized spacial score (nSPS) is 10.9. The lowest BCUT2D eigenvalue weighted by atomic mass is 9.97. The summed E-state index contributed by atoms with van der Waals surface area (Å²) in [7, 11) is 1.89. The highest BCUT2D eigenvalue weighted by molar-refractivity contribution is 5.97. The number of aromatic amines is 1. The number of rotatable bonds is 4. The second-order valence-electron chi connectivity index (χ2n) is 6.90. The van der Waals surface area contributed by atoms with Crippen molar-refractivity contribution in [1.82, 2.24) is 20.1 Å². The van der Waals surface area contributed by atoms with Crippen LogP contribution in [-0.2, 0) is 13.6 Å². The number of aromatic nitrogens is 3. The number of benzene rings is 1. The van der Waals surface area contributed by atoms with E-state index in [1.54, 1.807) is 6.07 Å². The van der Waals surface area contributed by atoms with Crippen LogP contribution >= 0.6 is 0 Å². The third-order valence-electron chi connectivity index (χ3n) is 4.87. The SMILES string of the molecule is Cc1cc(C)c(CNC(=O)c2cccc(-c3c(C)cnn3C)c2C)c(=O)[nH]1. The number of hydrogen-bond acceptors (Lipinski definition) is 3. The van der Waals surface area contributed by atoms with Crippen molar-refractivity contribution in [2.45, 2.75) is 34.2 Å². The van der Waals surface area contributed by atoms with Gasteiger partial charge in [-0.05, 0) is 56.5 Å². The van der Waals surface area contributed by atoms with Crippen molar-refractivity contribution in [2.75, 3.05) is 0 Å². The van der Waals surface area contributed by atoms with E-state index in [0.717, 1.165) is 33.6 Å². The fourth-order valence-corrected chi connectivity index (χ4v) is 3.44. The first-order valence-electron chi connectivity index (χ1n) is 8.85. The third-order valence-corrected chi connectivity index (χ3v) is 4.87. The fraction of sp³-hybridized carbons (Fsp3) is 0.286. The quantitative estimate of drug-likeness (QED) is 0.747. The standard InChI is InChI=1S/C21H24N4O2/c1-12-9-14(3)24-21(27)18(12)11-22-20(26)17-8-6-7-16(15(17)4)19-13(2)10-23-25(19)5/h6-10H,11H2,1-5H3,(H,22,26)(H,24,27). The lowest BCUT2D eigenvalue weighted by Crippen LogP contribution is -2.28. The molecule has 2 N–H and O–H groups in total. The van der Waals surface area contributed by atoms with Gasteiger partial charge >= 0.3 is 0 Å². The zero-order valence-corrected chi connectivity index (χ0v) is 16.3. The van der Waals surface area contributed by atoms with E-state index in [-0.39, 0.29) is 18.0 Å². The molecule has 1 aromatic carbocycles. The molecule has 140 valence electrons. The van der Waals surface area contributed by atoms with Gasteiger partial charge in [-0.15, -0.1) is 0 Å². The van der Waals surface area contributed by atoms with Gasteiger partial charge in [0, 0.05) is 36.0 Å². The zero-order valence-electron chi connectivity index (χ0n) is 16.3. The number of hydrogen-bond donors (Lipinski definition) is 2. The van der Waals surface area contributed by atoms with Gasteiger partial charge in [-0.25, -0.2) is 0 Å². The summed E-state index contributed by atoms with van der Waals surface area (Å²) in [6, 6.07) is 7.56. The molecule has 27 heavy (non-hydrogen) atoms. The topological polar surface area (TPSA) is 79.8 Å². The molecule has 2 heterocycles. The van der Waals surface area contributed by atoms with Crippen molar-refractivity contribution in [3.8, 4) is 11.3 Å². The molecule has 1 amide bonds. The predicted molar refractivity (Wildman–Crippen MR) is 106 cm³/mol. The van der Waals surface area contributed by atoms with Crippen molar-refractivity contribution in [1.29, 1.82) is 0 Å². The second-order valence-corrected chi connectivity index (χ2v) is 6.90. The highest BCUT2D eigenvalue weighted by Crippen LogP contribution is 2.28. The molecular weight excluding hydrogens is 340 g/mol. The Balaban J connectivity index is 1.89. The van der Waals surface area contributed by atoms with E-state index >= 15 is 0 Å². The number of H-pyrrole nitrogens is 1. The average molecular weight is 364 g/mol. The summed E-state index contributed by atoms with van der Waals surface area (Å²) in [4.78, 5) is 27.7. The molecule has 0 spiro atoms. The first-order chi connectivity index (χ1) is 12.8. The molecule has 6 heteroatoms. The van der Waals surface area contributed by atoms with Crippen LogP contribution in [0.1, 0.15) is 38.3 Å². The van der Waals surface area contributed by atoms with E-state index in [1.807, 2.05) is 63.8 Å². The summed E-state index contributed by atoms with van der Waals surface area (Å²) < 4.78 is 1.81. The van der Waals surface area contributed by atoms with E-state index < -0.39 is 0 Å². The van der Waals surface area contributed by atoms with E-state index in [4.69, 9.17) is 0 Å². The van der Waals surface area contributed by atoms with Crippen LogP contribution in [0.4, 0.5) is 0 Å². The van der Waals surface area contributed by atoms with E-state index in [0.29, 0.717) is 11.1 Å². The molecule has 0 fully saturated rings. The van der Waals surface area contributed by atoms with Gasteiger partial charge in [0.15, 0.2) is 0 Å². The Labute approximate surface area is 158 Å². The Bertz CT molecular complexity index is 1060. The van der Waals surface area contributed by atoms with Crippen molar-refractivity contribution < 1.29 is 4.79 Å². The van der Waals surface area contributed by atoms with Crippen LogP contribution in [0.15, 0.2) is 35.3 Å². The summed E-state index contributed by atoms with van der Waals surface area (Å²) in [5.74, 6) is -0.200. The number of nitrogens with zero attached hydrogens (tertiary/aromatic N) is 2. The lowest BCUT2D eigenvalue weighted by molar-refractivity contribution is 0.0950. The van der Waals surface area contributed by atoms with Crippen molar-refractivity contribution >= 4 is 5.91 Å². The van der Waals surface area contributed by atoms with Gasteiger partial charge in [-0.2, -0.15) is 5.10 Å². The highest BCUT2D eigenvalue weighted by atomic mass is 16.1. The number of amides is 1. The summed E-state index contributed by atoms with van der Waals surface area (Å²) in [6.07, 6.45) is 1.81. The number of carbonyl (C=O) groups excluding carboxylic acids is 1.